The quantitative estimate of drug-likeness (QED) is 0.864. The summed E-state index contributed by atoms with van der Waals surface area (Å²) in [5, 5.41) is 7.33. The van der Waals surface area contributed by atoms with Crippen LogP contribution in [0.15, 0.2) is 16.8 Å². The van der Waals surface area contributed by atoms with Gasteiger partial charge in [0, 0.05) is 25.4 Å². The summed E-state index contributed by atoms with van der Waals surface area (Å²) in [6.45, 7) is 7.18. The van der Waals surface area contributed by atoms with Crippen molar-refractivity contribution in [1.82, 2.24) is 14.7 Å². The van der Waals surface area contributed by atoms with Crippen molar-refractivity contribution in [3.8, 4) is 0 Å². The van der Waals surface area contributed by atoms with Gasteiger partial charge >= 0.3 is 0 Å². The van der Waals surface area contributed by atoms with Crippen LogP contribution in [0.2, 0.25) is 0 Å². The minimum atomic E-state index is 0.199. The second-order valence-electron chi connectivity index (χ2n) is 4.76. The fourth-order valence-electron chi connectivity index (χ4n) is 1.96. The standard InChI is InChI=1S/C13H20N4O2/c1-9-6-17(7-12-5-11(3)19-16-12)13(14-9)15-10(2)8-18-4/h5-6,10H,7-8H2,1-4H3,(H,14,15). The molecule has 0 radical (unpaired) electrons. The van der Waals surface area contributed by atoms with Crippen LogP contribution in [0.25, 0.3) is 0 Å². The van der Waals surface area contributed by atoms with E-state index in [1.165, 1.54) is 0 Å². The summed E-state index contributed by atoms with van der Waals surface area (Å²) in [5.41, 5.74) is 1.85. The first-order chi connectivity index (χ1) is 9.08. The van der Waals surface area contributed by atoms with E-state index < -0.39 is 0 Å². The Balaban J connectivity index is 2.11. The molecule has 2 rings (SSSR count). The van der Waals surface area contributed by atoms with Gasteiger partial charge in [-0.15, -0.1) is 0 Å². The van der Waals surface area contributed by atoms with Gasteiger partial charge in [-0.25, -0.2) is 4.98 Å². The third-order valence-corrected chi connectivity index (χ3v) is 2.70. The molecule has 0 amide bonds. The Labute approximate surface area is 112 Å². The minimum Gasteiger partial charge on any atom is -0.383 e. The lowest BCUT2D eigenvalue weighted by molar-refractivity contribution is 0.190. The smallest absolute Gasteiger partial charge is 0.203 e. The van der Waals surface area contributed by atoms with Crippen molar-refractivity contribution in [2.24, 2.45) is 0 Å². The van der Waals surface area contributed by atoms with Crippen molar-refractivity contribution in [3.63, 3.8) is 0 Å². The van der Waals surface area contributed by atoms with E-state index in [0.717, 1.165) is 23.1 Å². The van der Waals surface area contributed by atoms with Gasteiger partial charge in [-0.05, 0) is 20.8 Å². The first-order valence-electron chi connectivity index (χ1n) is 6.30. The highest BCUT2D eigenvalue weighted by atomic mass is 16.5. The van der Waals surface area contributed by atoms with E-state index in [4.69, 9.17) is 9.26 Å². The SMILES string of the molecule is COCC(C)Nc1nc(C)cn1Cc1cc(C)on1. The highest BCUT2D eigenvalue weighted by Gasteiger charge is 2.11. The van der Waals surface area contributed by atoms with Crippen molar-refractivity contribution in [1.29, 1.82) is 0 Å². The van der Waals surface area contributed by atoms with Crippen LogP contribution in [0.3, 0.4) is 0 Å². The molecule has 104 valence electrons. The average Bonchev–Trinajstić information content (AvgIpc) is 2.87. The molecule has 2 aromatic rings. The van der Waals surface area contributed by atoms with Crippen molar-refractivity contribution < 1.29 is 9.26 Å². The number of aryl methyl sites for hydroxylation is 2. The van der Waals surface area contributed by atoms with Gasteiger partial charge in [0.2, 0.25) is 5.95 Å². The molecule has 2 heterocycles. The van der Waals surface area contributed by atoms with E-state index in [-0.39, 0.29) is 6.04 Å². The van der Waals surface area contributed by atoms with E-state index >= 15 is 0 Å². The molecule has 1 unspecified atom stereocenters. The molecule has 19 heavy (non-hydrogen) atoms. The first-order valence-corrected chi connectivity index (χ1v) is 6.30. The van der Waals surface area contributed by atoms with Crippen LogP contribution in [-0.4, -0.2) is 34.5 Å². The molecule has 6 heteroatoms. The topological polar surface area (TPSA) is 65.1 Å². The molecule has 2 aromatic heterocycles. The number of methoxy groups -OCH3 is 1. The highest BCUT2D eigenvalue weighted by Crippen LogP contribution is 2.13. The van der Waals surface area contributed by atoms with Crippen LogP contribution in [-0.2, 0) is 11.3 Å². The molecule has 0 aromatic carbocycles. The maximum atomic E-state index is 5.12. The summed E-state index contributed by atoms with van der Waals surface area (Å²) >= 11 is 0. The normalized spacial score (nSPS) is 12.6. The fourth-order valence-corrected chi connectivity index (χ4v) is 1.96. The molecule has 0 spiro atoms. The zero-order chi connectivity index (χ0) is 13.8. The molecular weight excluding hydrogens is 244 g/mol. The largest absolute Gasteiger partial charge is 0.383 e. The highest BCUT2D eigenvalue weighted by molar-refractivity contribution is 5.31. The zero-order valence-electron chi connectivity index (χ0n) is 11.8. The maximum Gasteiger partial charge on any atom is 0.203 e. The number of rotatable bonds is 6. The fraction of sp³-hybridized carbons (Fsp3) is 0.538. The number of nitrogens with one attached hydrogen (secondary N) is 1. The number of nitrogens with zero attached hydrogens (tertiary/aromatic N) is 3. The van der Waals surface area contributed by atoms with E-state index in [2.05, 4.69) is 22.4 Å². The second-order valence-corrected chi connectivity index (χ2v) is 4.76. The molecular formula is C13H20N4O2. The Morgan fingerprint density at radius 1 is 1.47 bits per heavy atom. The lowest BCUT2D eigenvalue weighted by atomic mass is 10.3. The zero-order valence-corrected chi connectivity index (χ0v) is 11.8. The molecule has 0 saturated carbocycles. The molecule has 0 saturated heterocycles. The average molecular weight is 264 g/mol. The van der Waals surface area contributed by atoms with Crippen molar-refractivity contribution in [2.45, 2.75) is 33.4 Å². The summed E-state index contributed by atoms with van der Waals surface area (Å²) < 4.78 is 12.2. The van der Waals surface area contributed by atoms with Crippen LogP contribution < -0.4 is 5.32 Å². The molecule has 0 aliphatic carbocycles. The van der Waals surface area contributed by atoms with Gasteiger partial charge in [-0.1, -0.05) is 5.16 Å². The van der Waals surface area contributed by atoms with Gasteiger partial charge in [0.05, 0.1) is 18.8 Å². The molecule has 6 nitrogen and oxygen atoms in total. The molecule has 1 atom stereocenters. The van der Waals surface area contributed by atoms with Crippen molar-refractivity contribution >= 4 is 5.95 Å². The van der Waals surface area contributed by atoms with E-state index in [0.29, 0.717) is 13.2 Å². The maximum absolute atomic E-state index is 5.12. The van der Waals surface area contributed by atoms with Crippen molar-refractivity contribution in [3.05, 3.63) is 29.4 Å². The van der Waals surface area contributed by atoms with Crippen LogP contribution >= 0.6 is 0 Å². The Kier molecular flexibility index (Phi) is 4.21. The molecule has 0 bridgehead atoms. The number of anilines is 1. The number of ether oxygens (including phenoxy) is 1. The van der Waals surface area contributed by atoms with Crippen LogP contribution in [0.4, 0.5) is 5.95 Å². The van der Waals surface area contributed by atoms with Gasteiger partial charge in [-0.3, -0.25) is 0 Å². The van der Waals surface area contributed by atoms with Gasteiger partial charge in [0.1, 0.15) is 11.5 Å². The Hall–Kier alpha value is -1.82. The number of hydrogen-bond acceptors (Lipinski definition) is 5. The molecule has 0 fully saturated rings. The third kappa shape index (κ3) is 3.57. The van der Waals surface area contributed by atoms with E-state index in [1.54, 1.807) is 7.11 Å². The van der Waals surface area contributed by atoms with Gasteiger partial charge in [0.25, 0.3) is 0 Å². The lowest BCUT2D eigenvalue weighted by Gasteiger charge is -2.14. The summed E-state index contributed by atoms with van der Waals surface area (Å²) in [6, 6.07) is 2.13. The molecule has 1 N–H and O–H groups in total. The summed E-state index contributed by atoms with van der Waals surface area (Å²) in [7, 11) is 1.69. The first kappa shape index (κ1) is 13.6. The van der Waals surface area contributed by atoms with Crippen LogP contribution in [0.5, 0.6) is 0 Å². The third-order valence-electron chi connectivity index (χ3n) is 2.70. The molecule has 0 aliphatic heterocycles. The number of hydrogen-bond donors (Lipinski definition) is 1. The van der Waals surface area contributed by atoms with Crippen LogP contribution in [0.1, 0.15) is 24.1 Å². The predicted octanol–water partition coefficient (Wildman–Crippen LogP) is 1.98. The monoisotopic (exact) mass is 264 g/mol. The lowest BCUT2D eigenvalue weighted by Crippen LogP contribution is -2.23. The van der Waals surface area contributed by atoms with Gasteiger partial charge in [-0.2, -0.15) is 0 Å². The van der Waals surface area contributed by atoms with Gasteiger partial charge < -0.3 is 19.1 Å². The van der Waals surface area contributed by atoms with Crippen molar-refractivity contribution in [2.75, 3.05) is 19.0 Å². The summed E-state index contributed by atoms with van der Waals surface area (Å²) in [5.74, 6) is 1.64. The minimum absolute atomic E-state index is 0.199. The van der Waals surface area contributed by atoms with E-state index in [9.17, 15) is 0 Å². The molecule has 0 aliphatic rings. The Morgan fingerprint density at radius 2 is 2.26 bits per heavy atom. The van der Waals surface area contributed by atoms with Crippen LogP contribution in [0, 0.1) is 13.8 Å². The summed E-state index contributed by atoms with van der Waals surface area (Å²) in [6.07, 6.45) is 1.99. The Morgan fingerprint density at radius 3 is 2.89 bits per heavy atom. The predicted molar refractivity (Wildman–Crippen MR) is 72.3 cm³/mol. The second kappa shape index (κ2) is 5.88. The summed E-state index contributed by atoms with van der Waals surface area (Å²) in [4.78, 5) is 4.47. The number of aromatic nitrogens is 3. The number of imidazole rings is 1. The Bertz CT molecular complexity index is 532. The van der Waals surface area contributed by atoms with E-state index in [1.807, 2.05) is 30.7 Å². The van der Waals surface area contributed by atoms with Gasteiger partial charge in [0.15, 0.2) is 0 Å².